The van der Waals surface area contributed by atoms with Crippen LogP contribution in [0.3, 0.4) is 0 Å². The van der Waals surface area contributed by atoms with Gasteiger partial charge in [0.15, 0.2) is 0 Å². The molecular weight excluding hydrogens is 198 g/mol. The average Bonchev–Trinajstić information content (AvgIpc) is 2.95. The Labute approximate surface area is 98.1 Å². The highest BCUT2D eigenvalue weighted by atomic mass is 16.5. The van der Waals surface area contributed by atoms with Gasteiger partial charge >= 0.3 is 0 Å². The topological polar surface area (TPSA) is 21.3 Å². The first-order valence-corrected chi connectivity index (χ1v) is 6.18. The Kier molecular flexibility index (Phi) is 3.62. The van der Waals surface area contributed by atoms with Crippen LogP contribution in [0.1, 0.15) is 26.7 Å². The lowest BCUT2D eigenvalue weighted by molar-refractivity contribution is 0.0595. The van der Waals surface area contributed by atoms with Gasteiger partial charge in [0.1, 0.15) is 0 Å². The third-order valence-electron chi connectivity index (χ3n) is 3.34. The minimum Gasteiger partial charge on any atom is -0.371 e. The molecule has 88 valence electrons. The summed E-state index contributed by atoms with van der Waals surface area (Å²) >= 11 is 0. The molecule has 0 aromatic heterocycles. The van der Waals surface area contributed by atoms with Crippen LogP contribution in [0.25, 0.3) is 0 Å². The van der Waals surface area contributed by atoms with Crippen molar-refractivity contribution in [2.24, 2.45) is 0 Å². The molecule has 1 heterocycles. The summed E-state index contributed by atoms with van der Waals surface area (Å²) in [4.78, 5) is 0. The molecule has 1 unspecified atom stereocenters. The Morgan fingerprint density at radius 3 is 3.00 bits per heavy atom. The molecule has 16 heavy (non-hydrogen) atoms. The van der Waals surface area contributed by atoms with E-state index in [9.17, 15) is 0 Å². The Hall–Kier alpha value is -0.860. The molecule has 0 saturated carbocycles. The monoisotopic (exact) mass is 219 g/mol. The average molecular weight is 219 g/mol. The molecule has 0 radical (unpaired) electrons. The van der Waals surface area contributed by atoms with E-state index in [2.05, 4.69) is 42.6 Å². The molecule has 2 aliphatic rings. The standard InChI is InChI=1S/C14H21NO/c1-3-5-6-12(4-2)11-16-13-7-10-15-14(13)8-9-14/h3,5-6,8-9,13,15H,4,7,10-11H2,1-2H3/b5-3-,12-6+. The number of ether oxygens (including phenoxy) is 1. The molecule has 2 rings (SSSR count). The van der Waals surface area contributed by atoms with Crippen molar-refractivity contribution in [2.75, 3.05) is 13.2 Å². The molecule has 1 aliphatic heterocycles. The highest BCUT2D eigenvalue weighted by Gasteiger charge is 2.46. The molecule has 1 spiro atoms. The smallest absolute Gasteiger partial charge is 0.0845 e. The van der Waals surface area contributed by atoms with E-state index >= 15 is 0 Å². The summed E-state index contributed by atoms with van der Waals surface area (Å²) in [6.07, 6.45) is 13.2. The second-order valence-corrected chi connectivity index (χ2v) is 4.49. The largest absolute Gasteiger partial charge is 0.371 e. The zero-order valence-electron chi connectivity index (χ0n) is 10.2. The summed E-state index contributed by atoms with van der Waals surface area (Å²) in [6.45, 7) is 6.04. The van der Waals surface area contributed by atoms with E-state index in [4.69, 9.17) is 4.74 Å². The first kappa shape index (κ1) is 11.6. The Morgan fingerprint density at radius 1 is 1.56 bits per heavy atom. The lowest BCUT2D eigenvalue weighted by atomic mass is 10.1. The summed E-state index contributed by atoms with van der Waals surface area (Å²) in [5.41, 5.74) is 1.49. The normalized spacial score (nSPS) is 27.1. The van der Waals surface area contributed by atoms with Crippen molar-refractivity contribution < 1.29 is 4.74 Å². The van der Waals surface area contributed by atoms with Gasteiger partial charge in [0.05, 0.1) is 18.2 Å². The summed E-state index contributed by atoms with van der Waals surface area (Å²) < 4.78 is 6.00. The van der Waals surface area contributed by atoms with Gasteiger partial charge < -0.3 is 10.1 Å². The SMILES string of the molecule is C/C=C\C=C(/CC)COC1CCNC12C=C2. The van der Waals surface area contributed by atoms with Crippen LogP contribution in [0.2, 0.25) is 0 Å². The van der Waals surface area contributed by atoms with Crippen molar-refractivity contribution in [3.8, 4) is 0 Å². The number of rotatable bonds is 5. The number of hydrogen-bond donors (Lipinski definition) is 1. The van der Waals surface area contributed by atoms with Crippen LogP contribution in [0.4, 0.5) is 0 Å². The predicted molar refractivity (Wildman–Crippen MR) is 67.4 cm³/mol. The zero-order chi connectivity index (χ0) is 11.4. The fraction of sp³-hybridized carbons (Fsp3) is 0.571. The quantitative estimate of drug-likeness (QED) is 0.567. The molecule has 0 bridgehead atoms. The fourth-order valence-electron chi connectivity index (χ4n) is 2.12. The molecule has 0 amide bonds. The second-order valence-electron chi connectivity index (χ2n) is 4.49. The maximum atomic E-state index is 6.00. The van der Waals surface area contributed by atoms with Gasteiger partial charge in [0.2, 0.25) is 0 Å². The van der Waals surface area contributed by atoms with Crippen molar-refractivity contribution in [1.82, 2.24) is 5.32 Å². The van der Waals surface area contributed by atoms with E-state index in [1.54, 1.807) is 0 Å². The van der Waals surface area contributed by atoms with Crippen molar-refractivity contribution >= 4 is 0 Å². The van der Waals surface area contributed by atoms with Gasteiger partial charge in [0, 0.05) is 0 Å². The van der Waals surface area contributed by atoms with E-state index in [-0.39, 0.29) is 5.54 Å². The zero-order valence-corrected chi connectivity index (χ0v) is 10.2. The lowest BCUT2D eigenvalue weighted by Crippen LogP contribution is -2.36. The van der Waals surface area contributed by atoms with E-state index in [1.165, 1.54) is 5.57 Å². The van der Waals surface area contributed by atoms with Crippen LogP contribution in [0.15, 0.2) is 36.0 Å². The van der Waals surface area contributed by atoms with Crippen LogP contribution in [-0.2, 0) is 4.74 Å². The molecule has 1 aliphatic carbocycles. The third kappa shape index (κ3) is 2.45. The number of nitrogens with one attached hydrogen (secondary N) is 1. The van der Waals surface area contributed by atoms with Crippen LogP contribution in [0.5, 0.6) is 0 Å². The predicted octanol–water partition coefficient (Wildman–Crippen LogP) is 2.59. The van der Waals surface area contributed by atoms with Gasteiger partial charge in [0.25, 0.3) is 0 Å². The first-order valence-electron chi connectivity index (χ1n) is 6.18. The van der Waals surface area contributed by atoms with Gasteiger partial charge in [-0.2, -0.15) is 0 Å². The fourth-order valence-corrected chi connectivity index (χ4v) is 2.12. The summed E-state index contributed by atoms with van der Waals surface area (Å²) in [5.74, 6) is 0. The van der Waals surface area contributed by atoms with Gasteiger partial charge in [-0.3, -0.25) is 0 Å². The molecule has 1 atom stereocenters. The maximum Gasteiger partial charge on any atom is 0.0845 e. The number of allylic oxidation sites excluding steroid dienone is 3. The molecule has 1 fully saturated rings. The highest BCUT2D eigenvalue weighted by Crippen LogP contribution is 2.35. The summed E-state index contributed by atoms with van der Waals surface area (Å²) in [6, 6.07) is 0. The molecule has 0 aromatic rings. The van der Waals surface area contributed by atoms with Gasteiger partial charge in [-0.1, -0.05) is 37.3 Å². The molecule has 2 heteroatoms. The lowest BCUT2D eigenvalue weighted by Gasteiger charge is -2.20. The molecule has 2 nitrogen and oxygen atoms in total. The molecule has 0 aromatic carbocycles. The van der Waals surface area contributed by atoms with Crippen molar-refractivity contribution in [3.05, 3.63) is 36.0 Å². The minimum absolute atomic E-state index is 0.124. The molecule has 1 saturated heterocycles. The minimum atomic E-state index is 0.124. The third-order valence-corrected chi connectivity index (χ3v) is 3.34. The van der Waals surface area contributed by atoms with Crippen molar-refractivity contribution in [1.29, 1.82) is 0 Å². The Morgan fingerprint density at radius 2 is 2.38 bits per heavy atom. The maximum absolute atomic E-state index is 6.00. The highest BCUT2D eigenvalue weighted by molar-refractivity contribution is 5.38. The second kappa shape index (κ2) is 4.98. The van der Waals surface area contributed by atoms with Crippen LogP contribution in [0, 0.1) is 0 Å². The Bertz CT molecular complexity index is 322. The Balaban J connectivity index is 1.82. The van der Waals surface area contributed by atoms with Gasteiger partial charge in [-0.15, -0.1) is 0 Å². The van der Waals surface area contributed by atoms with E-state index in [1.807, 2.05) is 6.92 Å². The number of hydrogen-bond acceptors (Lipinski definition) is 2. The van der Waals surface area contributed by atoms with E-state index in [0.29, 0.717) is 6.10 Å². The van der Waals surface area contributed by atoms with Gasteiger partial charge in [-0.25, -0.2) is 0 Å². The van der Waals surface area contributed by atoms with E-state index < -0.39 is 0 Å². The first-order chi connectivity index (χ1) is 7.80. The van der Waals surface area contributed by atoms with Crippen LogP contribution >= 0.6 is 0 Å². The van der Waals surface area contributed by atoms with E-state index in [0.717, 1.165) is 26.0 Å². The summed E-state index contributed by atoms with van der Waals surface area (Å²) in [5, 5.41) is 3.47. The van der Waals surface area contributed by atoms with Crippen LogP contribution in [-0.4, -0.2) is 24.8 Å². The summed E-state index contributed by atoms with van der Waals surface area (Å²) in [7, 11) is 0. The van der Waals surface area contributed by atoms with Crippen LogP contribution < -0.4 is 5.32 Å². The molecule has 1 N–H and O–H groups in total. The van der Waals surface area contributed by atoms with Crippen molar-refractivity contribution in [2.45, 2.75) is 38.3 Å². The van der Waals surface area contributed by atoms with Crippen molar-refractivity contribution in [3.63, 3.8) is 0 Å². The van der Waals surface area contributed by atoms with Gasteiger partial charge in [-0.05, 0) is 31.9 Å². The molecular formula is C14H21NO.